The second-order valence-corrected chi connectivity index (χ2v) is 4.76. The van der Waals surface area contributed by atoms with Gasteiger partial charge in [0, 0.05) is 23.3 Å². The summed E-state index contributed by atoms with van der Waals surface area (Å²) in [5.74, 6) is 0. The Balaban J connectivity index is 2.15. The van der Waals surface area contributed by atoms with E-state index in [4.69, 9.17) is 11.6 Å². The summed E-state index contributed by atoms with van der Waals surface area (Å²) in [4.78, 5) is 0. The molecule has 0 fully saturated rings. The van der Waals surface area contributed by atoms with E-state index in [1.165, 1.54) is 6.07 Å². The lowest BCUT2D eigenvalue weighted by Crippen LogP contribution is -2.04. The highest BCUT2D eigenvalue weighted by molar-refractivity contribution is 6.30. The van der Waals surface area contributed by atoms with Crippen molar-refractivity contribution in [3.05, 3.63) is 65.3 Å². The molecule has 20 heavy (non-hydrogen) atoms. The average Bonchev–Trinajstić information content (AvgIpc) is 2.80. The zero-order valence-corrected chi connectivity index (χ0v) is 10.8. The van der Waals surface area contributed by atoms with Crippen LogP contribution in [0.5, 0.6) is 0 Å². The number of alkyl halides is 3. The minimum absolute atomic E-state index is 0.455. The van der Waals surface area contributed by atoms with E-state index in [1.807, 2.05) is 0 Å². The predicted molar refractivity (Wildman–Crippen MR) is 72.1 cm³/mol. The van der Waals surface area contributed by atoms with Gasteiger partial charge in [-0.3, -0.25) is 0 Å². The van der Waals surface area contributed by atoms with Crippen LogP contribution in [0.4, 0.5) is 13.2 Å². The van der Waals surface area contributed by atoms with E-state index in [1.54, 1.807) is 35.0 Å². The monoisotopic (exact) mass is 294 g/mol. The minimum Gasteiger partial charge on any atom is -0.317 e. The molecule has 3 rings (SSSR count). The fourth-order valence-electron chi connectivity index (χ4n) is 2.12. The molecule has 2 aromatic carbocycles. The first-order chi connectivity index (χ1) is 9.45. The lowest BCUT2D eigenvalue weighted by Gasteiger charge is -2.08. The molecule has 1 nitrogen and oxygen atoms in total. The molecule has 3 aromatic rings. The first-order valence-corrected chi connectivity index (χ1v) is 6.19. The molecule has 0 unspecified atom stereocenters. The summed E-state index contributed by atoms with van der Waals surface area (Å²) in [6, 6.07) is 13.3. The molecule has 1 heterocycles. The van der Waals surface area contributed by atoms with Crippen molar-refractivity contribution in [3.8, 4) is 5.69 Å². The van der Waals surface area contributed by atoms with Crippen molar-refractivity contribution in [1.29, 1.82) is 0 Å². The molecular weight excluding hydrogens is 287 g/mol. The van der Waals surface area contributed by atoms with E-state index in [-0.39, 0.29) is 0 Å². The van der Waals surface area contributed by atoms with E-state index < -0.39 is 11.7 Å². The number of halogens is 4. The van der Waals surface area contributed by atoms with Crippen LogP contribution in [0.15, 0.2) is 48.7 Å². The van der Waals surface area contributed by atoms with E-state index in [9.17, 15) is 13.2 Å². The van der Waals surface area contributed by atoms with Gasteiger partial charge >= 0.3 is 6.18 Å². The SMILES string of the molecule is FC(F)(F)c1ccc2c(ccn2-c2cc[c]c(Cl)c2)c1. The van der Waals surface area contributed by atoms with Gasteiger partial charge in [0.2, 0.25) is 0 Å². The summed E-state index contributed by atoms with van der Waals surface area (Å²) in [6.45, 7) is 0. The van der Waals surface area contributed by atoms with Gasteiger partial charge in [0.05, 0.1) is 16.1 Å². The molecule has 0 aliphatic heterocycles. The van der Waals surface area contributed by atoms with Crippen molar-refractivity contribution in [2.24, 2.45) is 0 Å². The first-order valence-electron chi connectivity index (χ1n) is 5.81. The van der Waals surface area contributed by atoms with Gasteiger partial charge in [0.25, 0.3) is 0 Å². The van der Waals surface area contributed by atoms with Gasteiger partial charge in [-0.1, -0.05) is 17.7 Å². The third-order valence-corrected chi connectivity index (χ3v) is 3.26. The zero-order valence-electron chi connectivity index (χ0n) is 10.1. The van der Waals surface area contributed by atoms with Crippen molar-refractivity contribution >= 4 is 22.5 Å². The fraction of sp³-hybridized carbons (Fsp3) is 0.0667. The number of nitrogens with zero attached hydrogens (tertiary/aromatic N) is 1. The molecule has 1 radical (unpaired) electrons. The molecular formula is C15H8ClF3N. The first kappa shape index (κ1) is 13.1. The van der Waals surface area contributed by atoms with Crippen molar-refractivity contribution in [1.82, 2.24) is 4.57 Å². The summed E-state index contributed by atoms with van der Waals surface area (Å²) >= 11 is 5.88. The Kier molecular flexibility index (Phi) is 2.98. The molecule has 0 saturated heterocycles. The number of rotatable bonds is 1. The lowest BCUT2D eigenvalue weighted by atomic mass is 10.1. The van der Waals surface area contributed by atoms with Crippen molar-refractivity contribution in [2.45, 2.75) is 6.18 Å². The van der Waals surface area contributed by atoms with Gasteiger partial charge in [-0.2, -0.15) is 13.2 Å². The molecule has 0 amide bonds. The number of aromatic nitrogens is 1. The molecule has 0 aliphatic carbocycles. The average molecular weight is 295 g/mol. The minimum atomic E-state index is -4.33. The van der Waals surface area contributed by atoms with Crippen LogP contribution in [0.1, 0.15) is 5.56 Å². The molecule has 1 aromatic heterocycles. The third kappa shape index (κ3) is 2.27. The predicted octanol–water partition coefficient (Wildman–Crippen LogP) is 5.10. The molecule has 0 atom stereocenters. The van der Waals surface area contributed by atoms with Crippen molar-refractivity contribution < 1.29 is 13.2 Å². The number of fused-ring (bicyclic) bond motifs is 1. The quantitative estimate of drug-likeness (QED) is 0.588. The molecule has 0 N–H and O–H groups in total. The highest BCUT2D eigenvalue weighted by Crippen LogP contribution is 2.32. The Morgan fingerprint density at radius 3 is 2.55 bits per heavy atom. The normalized spacial score (nSPS) is 12.0. The maximum atomic E-state index is 12.7. The van der Waals surface area contributed by atoms with E-state index in [0.717, 1.165) is 17.8 Å². The van der Waals surface area contributed by atoms with Crippen LogP contribution in [-0.4, -0.2) is 4.57 Å². The van der Waals surface area contributed by atoms with Crippen molar-refractivity contribution in [3.63, 3.8) is 0 Å². The molecule has 101 valence electrons. The molecule has 5 heteroatoms. The van der Waals surface area contributed by atoms with Gasteiger partial charge in [-0.25, -0.2) is 0 Å². The van der Waals surface area contributed by atoms with Crippen LogP contribution in [0.25, 0.3) is 16.6 Å². The van der Waals surface area contributed by atoms with Gasteiger partial charge in [-0.05, 0) is 36.4 Å². The standard InChI is InChI=1S/C15H8ClF3N/c16-12-2-1-3-13(9-12)20-7-6-10-8-11(15(17,18)19)4-5-14(10)20/h1,3-9H. The Morgan fingerprint density at radius 1 is 1.05 bits per heavy atom. The summed E-state index contributed by atoms with van der Waals surface area (Å²) < 4.78 is 39.8. The number of benzene rings is 2. The summed E-state index contributed by atoms with van der Waals surface area (Å²) in [6.07, 6.45) is -2.61. The van der Waals surface area contributed by atoms with E-state index >= 15 is 0 Å². The van der Waals surface area contributed by atoms with Gasteiger partial charge in [-0.15, -0.1) is 0 Å². The Labute approximate surface area is 118 Å². The van der Waals surface area contributed by atoms with Crippen LogP contribution in [0, 0.1) is 6.07 Å². The largest absolute Gasteiger partial charge is 0.416 e. The maximum absolute atomic E-state index is 12.7. The third-order valence-electron chi connectivity index (χ3n) is 3.05. The molecule has 0 spiro atoms. The highest BCUT2D eigenvalue weighted by Gasteiger charge is 2.30. The topological polar surface area (TPSA) is 4.93 Å². The summed E-state index contributed by atoms with van der Waals surface area (Å²) in [7, 11) is 0. The smallest absolute Gasteiger partial charge is 0.317 e. The molecule has 0 saturated carbocycles. The zero-order chi connectivity index (χ0) is 14.3. The number of hydrogen-bond acceptors (Lipinski definition) is 0. The number of hydrogen-bond donors (Lipinski definition) is 0. The Morgan fingerprint density at radius 2 is 1.85 bits per heavy atom. The Bertz CT molecular complexity index is 774. The van der Waals surface area contributed by atoms with E-state index in [2.05, 4.69) is 6.07 Å². The van der Waals surface area contributed by atoms with Crippen LogP contribution in [0.3, 0.4) is 0 Å². The fourth-order valence-corrected chi connectivity index (χ4v) is 2.29. The molecule has 0 bridgehead atoms. The summed E-state index contributed by atoms with van der Waals surface area (Å²) in [5, 5.41) is 0.986. The highest BCUT2D eigenvalue weighted by atomic mass is 35.5. The van der Waals surface area contributed by atoms with Gasteiger partial charge in [0.1, 0.15) is 0 Å². The van der Waals surface area contributed by atoms with Gasteiger partial charge in [0.15, 0.2) is 0 Å². The molecule has 0 aliphatic rings. The van der Waals surface area contributed by atoms with Gasteiger partial charge < -0.3 is 4.57 Å². The van der Waals surface area contributed by atoms with Crippen LogP contribution >= 0.6 is 11.6 Å². The second-order valence-electron chi connectivity index (χ2n) is 4.35. The van der Waals surface area contributed by atoms with Crippen LogP contribution < -0.4 is 0 Å². The van der Waals surface area contributed by atoms with E-state index in [0.29, 0.717) is 15.9 Å². The van der Waals surface area contributed by atoms with Crippen LogP contribution in [-0.2, 0) is 6.18 Å². The lowest BCUT2D eigenvalue weighted by molar-refractivity contribution is -0.137. The van der Waals surface area contributed by atoms with Crippen molar-refractivity contribution in [2.75, 3.05) is 0 Å². The maximum Gasteiger partial charge on any atom is 0.416 e. The van der Waals surface area contributed by atoms with Crippen LogP contribution in [0.2, 0.25) is 5.02 Å². The summed E-state index contributed by atoms with van der Waals surface area (Å²) in [5.41, 5.74) is 0.825. The second kappa shape index (κ2) is 4.56. The Hall–Kier alpha value is -1.94.